The molecule has 0 bridgehead atoms. The number of nitrogens with one attached hydrogen (secondary N) is 3. The van der Waals surface area contributed by atoms with Crippen molar-refractivity contribution in [2.75, 3.05) is 19.7 Å². The average Bonchev–Trinajstić information content (AvgIpc) is 2.66. The lowest BCUT2D eigenvalue weighted by atomic mass is 9.96. The molecule has 0 atom stereocenters. The van der Waals surface area contributed by atoms with Gasteiger partial charge in [-0.05, 0) is 50.3 Å². The van der Waals surface area contributed by atoms with Crippen molar-refractivity contribution in [2.24, 2.45) is 0 Å². The number of carbonyl (C=O) groups excluding carboxylic acids is 2. The van der Waals surface area contributed by atoms with E-state index in [1.165, 1.54) is 24.8 Å². The third-order valence-electron chi connectivity index (χ3n) is 4.71. The molecule has 27 heavy (non-hydrogen) atoms. The van der Waals surface area contributed by atoms with Crippen LogP contribution in [0.4, 0.5) is 4.79 Å². The summed E-state index contributed by atoms with van der Waals surface area (Å²) in [6, 6.07) is 8.12. The van der Waals surface area contributed by atoms with Crippen molar-refractivity contribution in [1.82, 2.24) is 16.0 Å². The first-order chi connectivity index (χ1) is 13.1. The Morgan fingerprint density at radius 2 is 1.85 bits per heavy atom. The van der Waals surface area contributed by atoms with Gasteiger partial charge in [0.25, 0.3) is 0 Å². The summed E-state index contributed by atoms with van der Waals surface area (Å²) in [5, 5.41) is 8.73. The quantitative estimate of drug-likeness (QED) is 0.549. The van der Waals surface area contributed by atoms with Crippen LogP contribution < -0.4 is 20.7 Å². The van der Waals surface area contributed by atoms with E-state index >= 15 is 0 Å². The Bertz CT molecular complexity index is 586. The maximum atomic E-state index is 11.8. The lowest BCUT2D eigenvalue weighted by molar-refractivity contribution is -0.121. The number of hydrogen-bond acceptors (Lipinski definition) is 3. The number of rotatable bonds is 10. The van der Waals surface area contributed by atoms with Gasteiger partial charge in [0, 0.05) is 25.6 Å². The molecule has 0 heterocycles. The number of ether oxygens (including phenoxy) is 1. The van der Waals surface area contributed by atoms with Gasteiger partial charge in [-0.1, -0.05) is 31.4 Å². The Morgan fingerprint density at radius 3 is 2.63 bits per heavy atom. The SMILES string of the molecule is Cc1cccc(OCCCNC(=O)CCCNC(=O)NC2CCCCC2)c1. The second-order valence-electron chi connectivity index (χ2n) is 7.21. The van der Waals surface area contributed by atoms with Crippen LogP contribution in [0.2, 0.25) is 0 Å². The van der Waals surface area contributed by atoms with Crippen LogP contribution in [0.3, 0.4) is 0 Å². The van der Waals surface area contributed by atoms with Gasteiger partial charge in [0.2, 0.25) is 5.91 Å². The molecule has 6 nitrogen and oxygen atoms in total. The normalized spacial score (nSPS) is 14.4. The molecule has 3 N–H and O–H groups in total. The van der Waals surface area contributed by atoms with Crippen LogP contribution in [0.25, 0.3) is 0 Å². The lowest BCUT2D eigenvalue weighted by Gasteiger charge is -2.22. The van der Waals surface area contributed by atoms with E-state index in [0.717, 1.165) is 25.0 Å². The Kier molecular flexibility index (Phi) is 9.52. The van der Waals surface area contributed by atoms with Crippen molar-refractivity contribution in [3.8, 4) is 5.75 Å². The van der Waals surface area contributed by atoms with E-state index in [-0.39, 0.29) is 11.9 Å². The predicted molar refractivity (Wildman–Crippen MR) is 107 cm³/mol. The molecule has 0 spiro atoms. The van der Waals surface area contributed by atoms with Crippen LogP contribution in [-0.4, -0.2) is 37.7 Å². The fourth-order valence-corrected chi connectivity index (χ4v) is 3.22. The maximum Gasteiger partial charge on any atom is 0.315 e. The monoisotopic (exact) mass is 375 g/mol. The minimum Gasteiger partial charge on any atom is -0.494 e. The van der Waals surface area contributed by atoms with Gasteiger partial charge in [0.15, 0.2) is 0 Å². The van der Waals surface area contributed by atoms with Gasteiger partial charge in [0.1, 0.15) is 5.75 Å². The minimum atomic E-state index is -0.115. The summed E-state index contributed by atoms with van der Waals surface area (Å²) in [5.74, 6) is 0.874. The molecule has 1 aromatic carbocycles. The number of urea groups is 1. The summed E-state index contributed by atoms with van der Waals surface area (Å²) in [6.45, 7) is 3.72. The Labute approximate surface area is 162 Å². The fourth-order valence-electron chi connectivity index (χ4n) is 3.22. The highest BCUT2D eigenvalue weighted by molar-refractivity contribution is 5.76. The number of benzene rings is 1. The minimum absolute atomic E-state index is 0.0139. The van der Waals surface area contributed by atoms with Crippen molar-refractivity contribution < 1.29 is 14.3 Å². The topological polar surface area (TPSA) is 79.5 Å². The van der Waals surface area contributed by atoms with Crippen molar-refractivity contribution in [3.05, 3.63) is 29.8 Å². The van der Waals surface area contributed by atoms with E-state index in [1.807, 2.05) is 31.2 Å². The first-order valence-electron chi connectivity index (χ1n) is 10.1. The van der Waals surface area contributed by atoms with Gasteiger partial charge >= 0.3 is 6.03 Å². The molecule has 1 saturated carbocycles. The zero-order chi connectivity index (χ0) is 19.3. The predicted octanol–water partition coefficient (Wildman–Crippen LogP) is 3.29. The molecule has 2 rings (SSSR count). The number of aryl methyl sites for hydroxylation is 1. The van der Waals surface area contributed by atoms with Crippen LogP contribution >= 0.6 is 0 Å². The molecule has 0 saturated heterocycles. The summed E-state index contributed by atoms with van der Waals surface area (Å²) in [4.78, 5) is 23.6. The molecule has 1 aliphatic carbocycles. The van der Waals surface area contributed by atoms with Crippen LogP contribution in [0, 0.1) is 6.92 Å². The van der Waals surface area contributed by atoms with Gasteiger partial charge in [-0.25, -0.2) is 4.79 Å². The van der Waals surface area contributed by atoms with Crippen LogP contribution in [-0.2, 0) is 4.79 Å². The third-order valence-corrected chi connectivity index (χ3v) is 4.71. The Balaban J connectivity index is 1.43. The van der Waals surface area contributed by atoms with Crippen molar-refractivity contribution in [3.63, 3.8) is 0 Å². The summed E-state index contributed by atoms with van der Waals surface area (Å²) in [6.07, 6.45) is 7.63. The average molecular weight is 376 g/mol. The molecule has 0 radical (unpaired) electrons. The first-order valence-corrected chi connectivity index (χ1v) is 10.1. The largest absolute Gasteiger partial charge is 0.494 e. The standard InChI is InChI=1S/C21H33N3O3/c1-17-8-5-11-19(16-17)27-15-7-14-22-20(25)12-6-13-23-21(26)24-18-9-3-2-4-10-18/h5,8,11,16,18H,2-4,6-7,9-10,12-15H2,1H3,(H,22,25)(H2,23,24,26). The van der Waals surface area contributed by atoms with E-state index in [4.69, 9.17) is 4.74 Å². The second-order valence-corrected chi connectivity index (χ2v) is 7.21. The molecular formula is C21H33N3O3. The number of amides is 3. The molecule has 1 aromatic rings. The first kappa shape index (κ1) is 21.1. The molecule has 0 unspecified atom stereocenters. The molecule has 3 amide bonds. The van der Waals surface area contributed by atoms with E-state index in [2.05, 4.69) is 16.0 Å². The van der Waals surface area contributed by atoms with Crippen LogP contribution in [0.5, 0.6) is 5.75 Å². The van der Waals surface area contributed by atoms with Gasteiger partial charge in [-0.2, -0.15) is 0 Å². The van der Waals surface area contributed by atoms with Gasteiger partial charge < -0.3 is 20.7 Å². The Hall–Kier alpha value is -2.24. The highest BCUT2D eigenvalue weighted by atomic mass is 16.5. The summed E-state index contributed by atoms with van der Waals surface area (Å²) in [7, 11) is 0. The van der Waals surface area contributed by atoms with Gasteiger partial charge in [-0.15, -0.1) is 0 Å². The highest BCUT2D eigenvalue weighted by Gasteiger charge is 2.15. The molecule has 6 heteroatoms. The molecule has 1 aliphatic rings. The summed E-state index contributed by atoms with van der Waals surface area (Å²) in [5.41, 5.74) is 1.17. The maximum absolute atomic E-state index is 11.8. The summed E-state index contributed by atoms with van der Waals surface area (Å²) < 4.78 is 5.65. The van der Waals surface area contributed by atoms with Gasteiger partial charge in [-0.3, -0.25) is 4.79 Å². The zero-order valence-corrected chi connectivity index (χ0v) is 16.4. The van der Waals surface area contributed by atoms with Crippen molar-refractivity contribution in [2.45, 2.75) is 64.3 Å². The van der Waals surface area contributed by atoms with Crippen LogP contribution in [0.1, 0.15) is 56.9 Å². The van der Waals surface area contributed by atoms with E-state index in [1.54, 1.807) is 0 Å². The lowest BCUT2D eigenvalue weighted by Crippen LogP contribution is -2.43. The zero-order valence-electron chi connectivity index (χ0n) is 16.4. The van der Waals surface area contributed by atoms with Gasteiger partial charge in [0.05, 0.1) is 6.61 Å². The smallest absolute Gasteiger partial charge is 0.315 e. The van der Waals surface area contributed by atoms with Crippen molar-refractivity contribution >= 4 is 11.9 Å². The molecule has 0 aliphatic heterocycles. The van der Waals surface area contributed by atoms with E-state index in [9.17, 15) is 9.59 Å². The Morgan fingerprint density at radius 1 is 1.07 bits per heavy atom. The van der Waals surface area contributed by atoms with E-state index < -0.39 is 0 Å². The second kappa shape index (κ2) is 12.2. The van der Waals surface area contributed by atoms with Crippen LogP contribution in [0.15, 0.2) is 24.3 Å². The number of hydrogen-bond donors (Lipinski definition) is 3. The number of carbonyl (C=O) groups is 2. The molecule has 0 aromatic heterocycles. The van der Waals surface area contributed by atoms with E-state index in [0.29, 0.717) is 38.6 Å². The highest BCUT2D eigenvalue weighted by Crippen LogP contribution is 2.17. The third kappa shape index (κ3) is 9.31. The molecule has 1 fully saturated rings. The molecular weight excluding hydrogens is 342 g/mol. The summed E-state index contributed by atoms with van der Waals surface area (Å²) >= 11 is 0. The fraction of sp³-hybridized carbons (Fsp3) is 0.619. The molecule has 150 valence electrons. The van der Waals surface area contributed by atoms with Crippen molar-refractivity contribution in [1.29, 1.82) is 0 Å².